The largest absolute Gasteiger partial charge is 0.488 e. The number of rotatable bonds is 7. The lowest BCUT2D eigenvalue weighted by Crippen LogP contribution is -2.30. The highest BCUT2D eigenvalue weighted by molar-refractivity contribution is 6.58. The molecule has 0 aliphatic carbocycles. The number of carbonyl (C=O) groups is 1. The highest BCUT2D eigenvalue weighted by Gasteiger charge is 2.15. The third kappa shape index (κ3) is 5.22. The quantitative estimate of drug-likeness (QED) is 0.605. The standard InChI is InChI=1S/C19H23BO4/c1-14(18-10-9-17(20(22)23)12-15(18)2)8-11-19(21)24-13-16-6-4-3-5-7-16/h3-7,9-10,12,14,22-23H,8,11,13H2,1-2H3/t14-/m0/s1. The SMILES string of the molecule is Cc1cc(B(O)O)ccc1[C@@H](C)CCC(=O)OCc1ccccc1. The van der Waals surface area contributed by atoms with E-state index < -0.39 is 7.12 Å². The zero-order valence-corrected chi connectivity index (χ0v) is 14.1. The second kappa shape index (κ2) is 8.66. The summed E-state index contributed by atoms with van der Waals surface area (Å²) in [4.78, 5) is 11.9. The molecular formula is C19H23BO4. The fraction of sp³-hybridized carbons (Fsp3) is 0.316. The maximum absolute atomic E-state index is 11.9. The molecule has 2 aromatic carbocycles. The van der Waals surface area contributed by atoms with E-state index in [-0.39, 0.29) is 11.9 Å². The van der Waals surface area contributed by atoms with Crippen LogP contribution in [-0.2, 0) is 16.1 Å². The van der Waals surface area contributed by atoms with Crippen molar-refractivity contribution in [1.29, 1.82) is 0 Å². The van der Waals surface area contributed by atoms with Crippen molar-refractivity contribution in [2.45, 2.75) is 39.2 Å². The molecule has 2 N–H and O–H groups in total. The summed E-state index contributed by atoms with van der Waals surface area (Å²) in [5.74, 6) is -0.00934. The number of hydrogen-bond donors (Lipinski definition) is 2. The smallest absolute Gasteiger partial charge is 0.461 e. The first-order valence-corrected chi connectivity index (χ1v) is 8.13. The van der Waals surface area contributed by atoms with E-state index >= 15 is 0 Å². The van der Waals surface area contributed by atoms with Gasteiger partial charge in [-0.25, -0.2) is 0 Å². The number of benzene rings is 2. The first-order valence-electron chi connectivity index (χ1n) is 8.13. The minimum Gasteiger partial charge on any atom is -0.461 e. The van der Waals surface area contributed by atoms with Crippen LogP contribution in [0.5, 0.6) is 0 Å². The van der Waals surface area contributed by atoms with Crippen LogP contribution in [0.3, 0.4) is 0 Å². The summed E-state index contributed by atoms with van der Waals surface area (Å²) < 4.78 is 5.29. The van der Waals surface area contributed by atoms with E-state index in [1.807, 2.05) is 43.3 Å². The van der Waals surface area contributed by atoms with Crippen LogP contribution < -0.4 is 5.46 Å². The molecule has 0 saturated carbocycles. The van der Waals surface area contributed by atoms with Crippen molar-refractivity contribution in [2.24, 2.45) is 0 Å². The average molecular weight is 326 g/mol. The summed E-state index contributed by atoms with van der Waals surface area (Å²) in [5.41, 5.74) is 3.56. The van der Waals surface area contributed by atoms with Crippen molar-refractivity contribution in [3.8, 4) is 0 Å². The van der Waals surface area contributed by atoms with E-state index in [2.05, 4.69) is 6.92 Å². The van der Waals surface area contributed by atoms with E-state index in [4.69, 9.17) is 4.74 Å². The highest BCUT2D eigenvalue weighted by atomic mass is 16.5. The summed E-state index contributed by atoms with van der Waals surface area (Å²) in [5, 5.41) is 18.4. The van der Waals surface area contributed by atoms with Gasteiger partial charge < -0.3 is 14.8 Å². The van der Waals surface area contributed by atoms with Gasteiger partial charge in [0.25, 0.3) is 0 Å². The van der Waals surface area contributed by atoms with Gasteiger partial charge in [-0.3, -0.25) is 4.79 Å². The van der Waals surface area contributed by atoms with Gasteiger partial charge in [-0.05, 0) is 41.4 Å². The molecular weight excluding hydrogens is 303 g/mol. The molecule has 0 fully saturated rings. The van der Waals surface area contributed by atoms with Gasteiger partial charge in [0.2, 0.25) is 0 Å². The van der Waals surface area contributed by atoms with Gasteiger partial charge in [0.1, 0.15) is 6.61 Å². The topological polar surface area (TPSA) is 66.8 Å². The van der Waals surface area contributed by atoms with Crippen LogP contribution in [0.15, 0.2) is 48.5 Å². The van der Waals surface area contributed by atoms with Crippen LogP contribution in [0.25, 0.3) is 0 Å². The Kier molecular flexibility index (Phi) is 6.58. The van der Waals surface area contributed by atoms with Gasteiger partial charge in [-0.1, -0.05) is 55.5 Å². The van der Waals surface area contributed by atoms with E-state index in [1.165, 1.54) is 0 Å². The molecule has 24 heavy (non-hydrogen) atoms. The molecule has 4 nitrogen and oxygen atoms in total. The second-order valence-electron chi connectivity index (χ2n) is 6.08. The molecule has 2 rings (SSSR count). The Labute approximate surface area is 143 Å². The maximum atomic E-state index is 11.9. The summed E-state index contributed by atoms with van der Waals surface area (Å²) >= 11 is 0. The van der Waals surface area contributed by atoms with Crippen molar-refractivity contribution in [3.63, 3.8) is 0 Å². The third-order valence-electron chi connectivity index (χ3n) is 4.15. The third-order valence-corrected chi connectivity index (χ3v) is 4.15. The van der Waals surface area contributed by atoms with Gasteiger partial charge in [0.05, 0.1) is 0 Å². The molecule has 1 atom stereocenters. The summed E-state index contributed by atoms with van der Waals surface area (Å²) in [6.45, 7) is 4.30. The van der Waals surface area contributed by atoms with Crippen molar-refractivity contribution in [1.82, 2.24) is 0 Å². The summed E-state index contributed by atoms with van der Waals surface area (Å²) in [6.07, 6.45) is 1.05. The number of carbonyl (C=O) groups excluding carboxylic acids is 1. The minimum absolute atomic E-state index is 0.194. The Bertz CT molecular complexity index is 670. The fourth-order valence-electron chi connectivity index (χ4n) is 2.71. The van der Waals surface area contributed by atoms with Gasteiger partial charge in [0.15, 0.2) is 0 Å². The average Bonchev–Trinajstić information content (AvgIpc) is 2.58. The number of aryl methyl sites for hydroxylation is 1. The van der Waals surface area contributed by atoms with Gasteiger partial charge in [-0.15, -0.1) is 0 Å². The van der Waals surface area contributed by atoms with Gasteiger partial charge >= 0.3 is 13.1 Å². The van der Waals surface area contributed by atoms with Crippen molar-refractivity contribution < 1.29 is 19.6 Å². The van der Waals surface area contributed by atoms with Crippen molar-refractivity contribution in [3.05, 3.63) is 65.2 Å². The van der Waals surface area contributed by atoms with Crippen molar-refractivity contribution in [2.75, 3.05) is 0 Å². The first-order chi connectivity index (χ1) is 11.5. The van der Waals surface area contributed by atoms with Crippen LogP contribution in [0.2, 0.25) is 0 Å². The lowest BCUT2D eigenvalue weighted by molar-refractivity contribution is -0.145. The van der Waals surface area contributed by atoms with Crippen LogP contribution >= 0.6 is 0 Å². The van der Waals surface area contributed by atoms with E-state index in [9.17, 15) is 14.8 Å². The first kappa shape index (κ1) is 18.2. The molecule has 0 radical (unpaired) electrons. The molecule has 0 aliphatic heterocycles. The minimum atomic E-state index is -1.46. The lowest BCUT2D eigenvalue weighted by atomic mass is 9.78. The molecule has 0 heterocycles. The molecule has 0 amide bonds. The molecule has 0 spiro atoms. The predicted molar refractivity (Wildman–Crippen MR) is 94.9 cm³/mol. The molecule has 5 heteroatoms. The number of ether oxygens (including phenoxy) is 1. The Morgan fingerprint density at radius 3 is 2.50 bits per heavy atom. The van der Waals surface area contributed by atoms with Gasteiger partial charge in [-0.2, -0.15) is 0 Å². The molecule has 0 unspecified atom stereocenters. The molecule has 2 aromatic rings. The van der Waals surface area contributed by atoms with Crippen LogP contribution in [0.1, 0.15) is 42.4 Å². The lowest BCUT2D eigenvalue weighted by Gasteiger charge is -2.15. The van der Waals surface area contributed by atoms with E-state index in [0.717, 1.165) is 16.7 Å². The second-order valence-corrected chi connectivity index (χ2v) is 6.08. The fourth-order valence-corrected chi connectivity index (χ4v) is 2.71. The normalized spacial score (nSPS) is 11.8. The predicted octanol–water partition coefficient (Wildman–Crippen LogP) is 2.30. The molecule has 0 aromatic heterocycles. The van der Waals surface area contributed by atoms with Crippen molar-refractivity contribution >= 4 is 18.6 Å². The molecule has 0 saturated heterocycles. The zero-order chi connectivity index (χ0) is 17.5. The van der Waals surface area contributed by atoms with Crippen LogP contribution in [0.4, 0.5) is 0 Å². The monoisotopic (exact) mass is 326 g/mol. The number of esters is 1. The number of hydrogen-bond acceptors (Lipinski definition) is 4. The highest BCUT2D eigenvalue weighted by Crippen LogP contribution is 2.23. The van der Waals surface area contributed by atoms with Gasteiger partial charge in [0, 0.05) is 6.42 Å². The Hall–Kier alpha value is -2.11. The Morgan fingerprint density at radius 1 is 1.17 bits per heavy atom. The summed E-state index contributed by atoms with van der Waals surface area (Å²) in [6, 6.07) is 15.0. The summed E-state index contributed by atoms with van der Waals surface area (Å²) in [7, 11) is -1.46. The van der Waals surface area contributed by atoms with Crippen LogP contribution in [0, 0.1) is 6.92 Å². The van der Waals surface area contributed by atoms with E-state index in [1.54, 1.807) is 12.1 Å². The Balaban J connectivity index is 1.84. The Morgan fingerprint density at radius 2 is 1.88 bits per heavy atom. The molecule has 0 aliphatic rings. The van der Waals surface area contributed by atoms with E-state index in [0.29, 0.717) is 24.9 Å². The maximum Gasteiger partial charge on any atom is 0.488 e. The molecule has 126 valence electrons. The molecule has 0 bridgehead atoms. The zero-order valence-electron chi connectivity index (χ0n) is 14.1. The van der Waals surface area contributed by atoms with Crippen LogP contribution in [-0.4, -0.2) is 23.1 Å².